The van der Waals surface area contributed by atoms with Crippen molar-refractivity contribution in [3.63, 3.8) is 0 Å². The Morgan fingerprint density at radius 2 is 1.91 bits per heavy atom. The quantitative estimate of drug-likeness (QED) is 0.909. The molecule has 1 N–H and O–H groups in total. The normalized spacial score (nSPS) is 22.9. The van der Waals surface area contributed by atoms with Crippen molar-refractivity contribution in [2.24, 2.45) is 5.92 Å². The van der Waals surface area contributed by atoms with E-state index in [2.05, 4.69) is 4.98 Å². The average Bonchev–Trinajstić information content (AvgIpc) is 3.00. The molecule has 0 bridgehead atoms. The van der Waals surface area contributed by atoms with Gasteiger partial charge in [0.05, 0.1) is 0 Å². The summed E-state index contributed by atoms with van der Waals surface area (Å²) in [4.78, 5) is 39.5. The molecule has 0 radical (unpaired) electrons. The van der Waals surface area contributed by atoms with E-state index in [1.54, 1.807) is 0 Å². The molecule has 0 aromatic carbocycles. The van der Waals surface area contributed by atoms with Gasteiger partial charge in [0.15, 0.2) is 0 Å². The van der Waals surface area contributed by atoms with Gasteiger partial charge in [-0.3, -0.25) is 19.1 Å². The van der Waals surface area contributed by atoms with E-state index in [0.29, 0.717) is 12.0 Å². The van der Waals surface area contributed by atoms with Crippen LogP contribution in [-0.4, -0.2) is 32.9 Å². The highest BCUT2D eigenvalue weighted by atomic mass is 16.2. The number of carbonyl (C=O) groups excluding carboxylic acids is 1. The minimum atomic E-state index is -0.519. The highest BCUT2D eigenvalue weighted by Gasteiger charge is 2.35. The Balaban J connectivity index is 1.70. The molecule has 0 spiro atoms. The summed E-state index contributed by atoms with van der Waals surface area (Å²) in [6.07, 6.45) is 9.80. The molecular weight excluding hydrogens is 282 g/mol. The molecule has 1 aliphatic carbocycles. The number of aromatic nitrogens is 2. The summed E-state index contributed by atoms with van der Waals surface area (Å²) in [5, 5.41) is 0. The third-order valence-electron chi connectivity index (χ3n) is 5.02. The zero-order valence-corrected chi connectivity index (χ0v) is 12.8. The molecule has 1 unspecified atom stereocenters. The first-order valence-corrected chi connectivity index (χ1v) is 8.24. The Morgan fingerprint density at radius 3 is 2.64 bits per heavy atom. The fraction of sp³-hybridized carbons (Fsp3) is 0.688. The number of carbonyl (C=O) groups is 1. The number of amides is 1. The van der Waals surface area contributed by atoms with Gasteiger partial charge < -0.3 is 4.90 Å². The summed E-state index contributed by atoms with van der Waals surface area (Å²) in [5.41, 5.74) is -0.954. The van der Waals surface area contributed by atoms with E-state index in [9.17, 15) is 14.4 Å². The van der Waals surface area contributed by atoms with Crippen molar-refractivity contribution >= 4 is 5.91 Å². The number of likely N-dealkylation sites (tertiary alicyclic amines) is 1. The Labute approximate surface area is 129 Å². The number of hydrogen-bond acceptors (Lipinski definition) is 3. The topological polar surface area (TPSA) is 75.2 Å². The summed E-state index contributed by atoms with van der Waals surface area (Å²) < 4.78 is 1.28. The van der Waals surface area contributed by atoms with Gasteiger partial charge in [0, 0.05) is 24.8 Å². The van der Waals surface area contributed by atoms with Gasteiger partial charge in [0.2, 0.25) is 5.91 Å². The second kappa shape index (κ2) is 6.50. The molecule has 120 valence electrons. The Hall–Kier alpha value is -1.85. The minimum Gasteiger partial charge on any atom is -0.338 e. The van der Waals surface area contributed by atoms with Crippen LogP contribution in [0.3, 0.4) is 0 Å². The van der Waals surface area contributed by atoms with Crippen molar-refractivity contribution in [1.82, 2.24) is 14.5 Å². The predicted molar refractivity (Wildman–Crippen MR) is 82.6 cm³/mol. The molecule has 2 fully saturated rings. The van der Waals surface area contributed by atoms with Gasteiger partial charge in [-0.05, 0) is 31.6 Å². The molecule has 3 rings (SSSR count). The van der Waals surface area contributed by atoms with Crippen molar-refractivity contribution in [2.75, 3.05) is 6.54 Å². The first-order valence-electron chi connectivity index (χ1n) is 8.24. The molecule has 6 heteroatoms. The Kier molecular flexibility index (Phi) is 4.45. The van der Waals surface area contributed by atoms with Crippen molar-refractivity contribution in [3.05, 3.63) is 33.1 Å². The molecule has 1 aromatic heterocycles. The molecule has 1 saturated heterocycles. The lowest BCUT2D eigenvalue weighted by Gasteiger charge is -2.34. The molecule has 2 heterocycles. The van der Waals surface area contributed by atoms with E-state index in [0.717, 1.165) is 19.4 Å². The largest absolute Gasteiger partial charge is 0.338 e. The Bertz CT molecular complexity index is 643. The maximum atomic E-state index is 12.6. The van der Waals surface area contributed by atoms with Gasteiger partial charge in [0.25, 0.3) is 5.56 Å². The van der Waals surface area contributed by atoms with Crippen LogP contribution >= 0.6 is 0 Å². The summed E-state index contributed by atoms with van der Waals surface area (Å²) in [7, 11) is 0. The van der Waals surface area contributed by atoms with Gasteiger partial charge >= 0.3 is 5.69 Å². The van der Waals surface area contributed by atoms with Crippen LogP contribution in [-0.2, 0) is 11.3 Å². The average molecular weight is 305 g/mol. The van der Waals surface area contributed by atoms with Gasteiger partial charge in [-0.25, -0.2) is 4.79 Å². The second-order valence-electron chi connectivity index (χ2n) is 6.43. The number of nitrogens with one attached hydrogen (secondary N) is 1. The third-order valence-corrected chi connectivity index (χ3v) is 5.02. The standard InChI is InChI=1S/C16H23N3O3/c20-14-8-10-18(16(22)17-14)11-15(21)19-9-4-7-13(19)12-5-2-1-3-6-12/h8,10,12-13H,1-7,9,11H2,(H,17,20,22). The molecule has 1 aromatic rings. The van der Waals surface area contributed by atoms with Crippen LogP contribution in [0.4, 0.5) is 0 Å². The minimum absolute atomic E-state index is 0.0118. The lowest BCUT2D eigenvalue weighted by Crippen LogP contribution is -2.44. The van der Waals surface area contributed by atoms with E-state index in [-0.39, 0.29) is 12.5 Å². The number of hydrogen-bond donors (Lipinski definition) is 1. The van der Waals surface area contributed by atoms with Crippen LogP contribution in [0.2, 0.25) is 0 Å². The van der Waals surface area contributed by atoms with E-state index < -0.39 is 11.2 Å². The summed E-state index contributed by atoms with van der Waals surface area (Å²) in [6.45, 7) is 0.803. The first kappa shape index (κ1) is 15.1. The van der Waals surface area contributed by atoms with Crippen LogP contribution in [0.5, 0.6) is 0 Å². The molecular formula is C16H23N3O3. The van der Waals surface area contributed by atoms with Crippen LogP contribution in [0, 0.1) is 5.92 Å². The van der Waals surface area contributed by atoms with Crippen LogP contribution in [0.15, 0.2) is 21.9 Å². The van der Waals surface area contributed by atoms with E-state index >= 15 is 0 Å². The fourth-order valence-electron chi connectivity index (χ4n) is 3.92. The number of aromatic amines is 1. The summed E-state index contributed by atoms with van der Waals surface area (Å²) >= 11 is 0. The van der Waals surface area contributed by atoms with Gasteiger partial charge in [-0.15, -0.1) is 0 Å². The van der Waals surface area contributed by atoms with E-state index in [4.69, 9.17) is 0 Å². The zero-order chi connectivity index (χ0) is 15.5. The SMILES string of the molecule is O=C(Cn1ccc(=O)[nH]c1=O)N1CCCC1C1CCCCC1. The molecule has 1 saturated carbocycles. The maximum Gasteiger partial charge on any atom is 0.328 e. The Morgan fingerprint density at radius 1 is 1.14 bits per heavy atom. The van der Waals surface area contributed by atoms with Crippen molar-refractivity contribution in [2.45, 2.75) is 57.5 Å². The summed E-state index contributed by atoms with van der Waals surface area (Å²) in [5.74, 6) is 0.606. The van der Waals surface area contributed by atoms with Crippen LogP contribution in [0.1, 0.15) is 44.9 Å². The molecule has 1 aliphatic heterocycles. The molecule has 6 nitrogen and oxygen atoms in total. The lowest BCUT2D eigenvalue weighted by atomic mass is 9.83. The van der Waals surface area contributed by atoms with Gasteiger partial charge in [-0.2, -0.15) is 0 Å². The van der Waals surface area contributed by atoms with Gasteiger partial charge in [-0.1, -0.05) is 19.3 Å². The van der Waals surface area contributed by atoms with Crippen molar-refractivity contribution < 1.29 is 4.79 Å². The smallest absolute Gasteiger partial charge is 0.328 e. The highest BCUT2D eigenvalue weighted by molar-refractivity contribution is 5.76. The summed E-state index contributed by atoms with van der Waals surface area (Å²) in [6, 6.07) is 1.61. The lowest BCUT2D eigenvalue weighted by molar-refractivity contribution is -0.133. The van der Waals surface area contributed by atoms with Crippen LogP contribution < -0.4 is 11.2 Å². The van der Waals surface area contributed by atoms with Gasteiger partial charge in [0.1, 0.15) is 6.54 Å². The molecule has 1 atom stereocenters. The zero-order valence-electron chi connectivity index (χ0n) is 12.8. The highest BCUT2D eigenvalue weighted by Crippen LogP contribution is 2.34. The number of nitrogens with zero attached hydrogens (tertiary/aromatic N) is 2. The molecule has 22 heavy (non-hydrogen) atoms. The van der Waals surface area contributed by atoms with Crippen molar-refractivity contribution in [3.8, 4) is 0 Å². The fourth-order valence-corrected chi connectivity index (χ4v) is 3.92. The van der Waals surface area contributed by atoms with Crippen molar-refractivity contribution in [1.29, 1.82) is 0 Å². The van der Waals surface area contributed by atoms with E-state index in [1.165, 1.54) is 48.9 Å². The molecule has 1 amide bonds. The number of rotatable bonds is 3. The number of H-pyrrole nitrogens is 1. The third kappa shape index (κ3) is 3.15. The maximum absolute atomic E-state index is 12.6. The predicted octanol–water partition coefficient (Wildman–Crippen LogP) is 1.11. The monoisotopic (exact) mass is 305 g/mol. The van der Waals surface area contributed by atoms with E-state index in [1.807, 2.05) is 4.90 Å². The first-order chi connectivity index (χ1) is 10.6. The molecule has 2 aliphatic rings. The second-order valence-corrected chi connectivity index (χ2v) is 6.43. The van der Waals surface area contributed by atoms with Crippen LogP contribution in [0.25, 0.3) is 0 Å².